The quantitative estimate of drug-likeness (QED) is 0.0291. The zero-order valence-corrected chi connectivity index (χ0v) is 35.2. The first-order valence-electron chi connectivity index (χ1n) is 21.3. The Morgan fingerprint density at radius 2 is 1.04 bits per heavy atom. The van der Waals surface area contributed by atoms with Gasteiger partial charge in [-0.05, 0) is 51.4 Å². The van der Waals surface area contributed by atoms with E-state index in [0.717, 1.165) is 57.8 Å². The molecule has 0 rings (SSSR count). The van der Waals surface area contributed by atoms with Gasteiger partial charge in [0, 0.05) is 19.3 Å². The predicted molar refractivity (Wildman–Crippen MR) is 224 cm³/mol. The van der Waals surface area contributed by atoms with Gasteiger partial charge in [0.2, 0.25) is 0 Å². The first-order chi connectivity index (χ1) is 26.1. The maximum atomic E-state index is 12.7. The summed E-state index contributed by atoms with van der Waals surface area (Å²) in [5, 5.41) is 9.60. The molecule has 8 heteroatoms. The lowest BCUT2D eigenvalue weighted by atomic mass is 10.0. The summed E-state index contributed by atoms with van der Waals surface area (Å²) in [5.74, 6) is -1.55. The minimum atomic E-state index is -0.885. The zero-order chi connectivity index (χ0) is 40.0. The smallest absolute Gasteiger partial charge is 0.362 e. The molecule has 0 saturated heterocycles. The molecular formula is C46H80NO7+. The summed E-state index contributed by atoms with van der Waals surface area (Å²) in [4.78, 5) is 36.9. The Morgan fingerprint density at radius 1 is 0.574 bits per heavy atom. The van der Waals surface area contributed by atoms with E-state index in [9.17, 15) is 19.5 Å². The highest BCUT2D eigenvalue weighted by molar-refractivity contribution is 5.72. The number of likely N-dealkylation sites (N-methyl/N-ethyl adjacent to an activating group) is 1. The first-order valence-corrected chi connectivity index (χ1v) is 21.3. The molecule has 54 heavy (non-hydrogen) atoms. The lowest BCUT2D eigenvalue weighted by Gasteiger charge is -2.31. The van der Waals surface area contributed by atoms with Crippen LogP contribution in [0.25, 0.3) is 0 Å². The number of carboxylic acid groups (broad SMARTS) is 1. The van der Waals surface area contributed by atoms with Crippen molar-refractivity contribution in [2.75, 3.05) is 41.0 Å². The minimum absolute atomic E-state index is 0.0377. The highest BCUT2D eigenvalue weighted by Gasteiger charge is 2.31. The summed E-state index contributed by atoms with van der Waals surface area (Å²) < 4.78 is 17.2. The van der Waals surface area contributed by atoms with E-state index in [4.69, 9.17) is 14.2 Å². The Hall–Kier alpha value is -2.97. The molecule has 0 heterocycles. The Morgan fingerprint density at radius 3 is 1.52 bits per heavy atom. The van der Waals surface area contributed by atoms with Crippen molar-refractivity contribution in [3.63, 3.8) is 0 Å². The van der Waals surface area contributed by atoms with Gasteiger partial charge in [-0.2, -0.15) is 0 Å². The van der Waals surface area contributed by atoms with E-state index in [1.807, 2.05) is 21.1 Å². The average molecular weight is 759 g/mol. The van der Waals surface area contributed by atoms with Crippen molar-refractivity contribution in [3.8, 4) is 0 Å². The third kappa shape index (κ3) is 34.8. The fourth-order valence-corrected chi connectivity index (χ4v) is 5.89. The van der Waals surface area contributed by atoms with Crippen LogP contribution in [0.5, 0.6) is 0 Å². The minimum Gasteiger partial charge on any atom is -0.477 e. The molecule has 2 atom stereocenters. The van der Waals surface area contributed by atoms with Crippen LogP contribution < -0.4 is 0 Å². The van der Waals surface area contributed by atoms with Crippen LogP contribution >= 0.6 is 0 Å². The molecule has 310 valence electrons. The summed E-state index contributed by atoms with van der Waals surface area (Å²) in [6, 6.07) is -0.625. The van der Waals surface area contributed by atoms with Crippen LogP contribution in [0.1, 0.15) is 162 Å². The third-order valence-corrected chi connectivity index (χ3v) is 9.18. The summed E-state index contributed by atoms with van der Waals surface area (Å²) in [6.45, 7) is 4.55. The zero-order valence-electron chi connectivity index (χ0n) is 35.2. The predicted octanol–water partition coefficient (Wildman–Crippen LogP) is 11.4. The molecule has 0 fully saturated rings. The number of ether oxygens (including phenoxy) is 3. The number of unbranched alkanes of at least 4 members (excludes halogenated alkanes) is 13. The van der Waals surface area contributed by atoms with Gasteiger partial charge in [0.25, 0.3) is 0 Å². The van der Waals surface area contributed by atoms with Crippen molar-refractivity contribution in [1.82, 2.24) is 0 Å². The van der Waals surface area contributed by atoms with Crippen LogP contribution in [0.4, 0.5) is 0 Å². The molecule has 0 bridgehead atoms. The monoisotopic (exact) mass is 759 g/mol. The molecule has 8 nitrogen and oxygen atoms in total. The molecule has 2 unspecified atom stereocenters. The largest absolute Gasteiger partial charge is 0.477 e. The number of quaternary nitrogens is 1. The van der Waals surface area contributed by atoms with Crippen molar-refractivity contribution in [3.05, 3.63) is 60.8 Å². The third-order valence-electron chi connectivity index (χ3n) is 9.18. The first kappa shape index (κ1) is 51.0. The Balaban J connectivity index is 4.48. The molecule has 0 saturated carbocycles. The van der Waals surface area contributed by atoms with Gasteiger partial charge in [-0.3, -0.25) is 9.59 Å². The topological polar surface area (TPSA) is 99.1 Å². The lowest BCUT2D eigenvalue weighted by Crippen LogP contribution is -2.50. The van der Waals surface area contributed by atoms with E-state index in [0.29, 0.717) is 19.3 Å². The van der Waals surface area contributed by atoms with Gasteiger partial charge in [0.1, 0.15) is 6.61 Å². The molecular weight excluding hydrogens is 679 g/mol. The summed E-state index contributed by atoms with van der Waals surface area (Å²) >= 11 is 0. The normalized spacial score (nSPS) is 13.6. The average Bonchev–Trinajstić information content (AvgIpc) is 3.12. The number of carbonyl (C=O) groups is 3. The lowest BCUT2D eigenvalue weighted by molar-refractivity contribution is -0.887. The van der Waals surface area contributed by atoms with E-state index in [2.05, 4.69) is 74.6 Å². The van der Waals surface area contributed by atoms with Crippen molar-refractivity contribution in [2.45, 2.75) is 174 Å². The second-order valence-electron chi connectivity index (χ2n) is 15.2. The summed E-state index contributed by atoms with van der Waals surface area (Å²) in [7, 11) is 5.50. The molecule has 0 aliphatic carbocycles. The van der Waals surface area contributed by atoms with E-state index >= 15 is 0 Å². The maximum absolute atomic E-state index is 12.7. The Kier molecular flexibility index (Phi) is 34.9. The maximum Gasteiger partial charge on any atom is 0.362 e. The Bertz CT molecular complexity index is 1070. The van der Waals surface area contributed by atoms with Crippen LogP contribution in [0.15, 0.2) is 60.8 Å². The number of aliphatic carboxylic acids is 1. The van der Waals surface area contributed by atoms with Crippen LogP contribution in [0.3, 0.4) is 0 Å². The van der Waals surface area contributed by atoms with Crippen LogP contribution in [-0.2, 0) is 28.6 Å². The molecule has 0 radical (unpaired) electrons. The molecule has 0 amide bonds. The van der Waals surface area contributed by atoms with Crippen molar-refractivity contribution in [1.29, 1.82) is 0 Å². The van der Waals surface area contributed by atoms with E-state index in [-0.39, 0.29) is 42.7 Å². The van der Waals surface area contributed by atoms with Gasteiger partial charge >= 0.3 is 17.9 Å². The number of rotatable bonds is 37. The van der Waals surface area contributed by atoms with Gasteiger partial charge in [0.15, 0.2) is 12.1 Å². The SMILES string of the molecule is CC/C=C/C/C=C/C/C=C/C/C=C/C/C=C/CCCC(=O)OC(COCCC(C(=O)O)[N+](C)(C)C)COC(=O)CCCCCCCCCCCCCCC. The van der Waals surface area contributed by atoms with Crippen molar-refractivity contribution in [2.24, 2.45) is 0 Å². The van der Waals surface area contributed by atoms with Crippen LogP contribution in [-0.4, -0.2) is 80.6 Å². The molecule has 0 aliphatic rings. The van der Waals surface area contributed by atoms with E-state index in [1.165, 1.54) is 64.2 Å². The molecule has 0 aromatic carbocycles. The number of carbonyl (C=O) groups excluding carboxylic acids is 2. The number of esters is 2. The van der Waals surface area contributed by atoms with Gasteiger partial charge in [0.05, 0.1) is 34.4 Å². The summed E-state index contributed by atoms with van der Waals surface area (Å²) in [5.41, 5.74) is 0. The number of hydrogen-bond donors (Lipinski definition) is 1. The molecule has 0 aliphatic heterocycles. The molecule has 0 aromatic heterocycles. The van der Waals surface area contributed by atoms with Crippen molar-refractivity contribution >= 4 is 17.9 Å². The number of allylic oxidation sites excluding steroid dienone is 10. The van der Waals surface area contributed by atoms with Crippen LogP contribution in [0, 0.1) is 0 Å². The van der Waals surface area contributed by atoms with Gasteiger partial charge in [-0.15, -0.1) is 0 Å². The summed E-state index contributed by atoms with van der Waals surface area (Å²) in [6.07, 6.45) is 44.1. The Labute approximate surface area is 330 Å². The number of hydrogen-bond acceptors (Lipinski definition) is 6. The fourth-order valence-electron chi connectivity index (χ4n) is 5.89. The van der Waals surface area contributed by atoms with Gasteiger partial charge < -0.3 is 23.8 Å². The standard InChI is InChI=1S/C46H79NO7/c1-6-8-10-12-14-16-18-20-21-22-23-25-27-29-31-33-35-37-45(49)54-42(40-52-39-38-43(46(50)51)47(3,4)5)41-53-44(48)36-34-32-30-28-26-24-19-17-15-13-11-9-7-2/h8,10,14,16,20-21,23,25,29,31,42-43H,6-7,9,11-13,15,17-19,22,24,26-28,30,32-41H2,1-5H3/p+1/b10-8+,16-14+,21-20+,25-23+,31-29+. The molecule has 0 spiro atoms. The van der Waals surface area contributed by atoms with Crippen molar-refractivity contribution < 1.29 is 38.2 Å². The number of carboxylic acids is 1. The molecule has 0 aromatic rings. The van der Waals surface area contributed by atoms with Gasteiger partial charge in [-0.1, -0.05) is 152 Å². The highest BCUT2D eigenvalue weighted by atomic mass is 16.6. The second kappa shape index (κ2) is 37.0. The van der Waals surface area contributed by atoms with E-state index in [1.54, 1.807) is 0 Å². The van der Waals surface area contributed by atoms with Crippen LogP contribution in [0.2, 0.25) is 0 Å². The van der Waals surface area contributed by atoms with Gasteiger partial charge in [-0.25, -0.2) is 4.79 Å². The second-order valence-corrected chi connectivity index (χ2v) is 15.2. The molecule has 1 N–H and O–H groups in total. The number of nitrogens with zero attached hydrogens (tertiary/aromatic N) is 1. The highest BCUT2D eigenvalue weighted by Crippen LogP contribution is 2.14. The van der Waals surface area contributed by atoms with E-state index < -0.39 is 18.1 Å². The fraction of sp³-hybridized carbons (Fsp3) is 0.717.